The SMILES string of the molecule is CC(=O)c1ccc(-c2cncc3[nH]c(-c4n[nH]c5ccc(-c6cncc(NC(O)C(C)(C)C)c6)cc45)nc23)s1. The summed E-state index contributed by atoms with van der Waals surface area (Å²) in [4.78, 5) is 30.5. The molecule has 39 heavy (non-hydrogen) atoms. The Morgan fingerprint density at radius 3 is 2.59 bits per heavy atom. The summed E-state index contributed by atoms with van der Waals surface area (Å²) in [7, 11) is 0. The van der Waals surface area contributed by atoms with Gasteiger partial charge in [-0.25, -0.2) is 4.98 Å². The molecule has 0 fully saturated rings. The molecule has 0 radical (unpaired) electrons. The van der Waals surface area contributed by atoms with Crippen molar-refractivity contribution < 1.29 is 9.90 Å². The van der Waals surface area contributed by atoms with Gasteiger partial charge in [-0.15, -0.1) is 11.3 Å². The second-order valence-corrected chi connectivity index (χ2v) is 11.7. The molecule has 0 aliphatic rings. The van der Waals surface area contributed by atoms with E-state index < -0.39 is 6.23 Å². The summed E-state index contributed by atoms with van der Waals surface area (Å²) in [6, 6.07) is 11.8. The molecule has 0 spiro atoms. The Hall–Kier alpha value is -4.41. The van der Waals surface area contributed by atoms with Gasteiger partial charge < -0.3 is 15.4 Å². The number of rotatable bonds is 6. The zero-order chi connectivity index (χ0) is 27.3. The van der Waals surface area contributed by atoms with E-state index in [1.54, 1.807) is 31.7 Å². The molecule has 5 heterocycles. The smallest absolute Gasteiger partial charge is 0.169 e. The Morgan fingerprint density at radius 2 is 1.82 bits per heavy atom. The van der Waals surface area contributed by atoms with Crippen molar-refractivity contribution in [2.75, 3.05) is 5.32 Å². The Bertz CT molecular complexity index is 1840. The van der Waals surface area contributed by atoms with Gasteiger partial charge in [0.2, 0.25) is 0 Å². The van der Waals surface area contributed by atoms with Gasteiger partial charge in [-0.3, -0.25) is 19.9 Å². The first kappa shape index (κ1) is 24.9. The van der Waals surface area contributed by atoms with Gasteiger partial charge in [0, 0.05) is 39.2 Å². The molecule has 1 aromatic carbocycles. The maximum Gasteiger partial charge on any atom is 0.169 e. The number of carbonyl (C=O) groups is 1. The molecule has 0 saturated heterocycles. The molecule has 196 valence electrons. The number of aliphatic hydroxyl groups is 1. The third-order valence-corrected chi connectivity index (χ3v) is 7.81. The number of nitrogens with one attached hydrogen (secondary N) is 3. The highest BCUT2D eigenvalue weighted by Crippen LogP contribution is 2.35. The number of aromatic amines is 2. The lowest BCUT2D eigenvalue weighted by Crippen LogP contribution is -2.33. The van der Waals surface area contributed by atoms with E-state index in [0.29, 0.717) is 16.4 Å². The highest BCUT2D eigenvalue weighted by molar-refractivity contribution is 7.17. The summed E-state index contributed by atoms with van der Waals surface area (Å²) >= 11 is 1.43. The van der Waals surface area contributed by atoms with E-state index in [4.69, 9.17) is 4.98 Å². The van der Waals surface area contributed by atoms with Gasteiger partial charge in [0.15, 0.2) is 11.6 Å². The van der Waals surface area contributed by atoms with Crippen LogP contribution in [0.5, 0.6) is 0 Å². The summed E-state index contributed by atoms with van der Waals surface area (Å²) in [6.07, 6.45) is 6.30. The Labute approximate surface area is 228 Å². The average molecular weight is 538 g/mol. The van der Waals surface area contributed by atoms with Gasteiger partial charge in [0.05, 0.1) is 34.0 Å². The van der Waals surface area contributed by atoms with Gasteiger partial charge in [-0.2, -0.15) is 5.10 Å². The first-order chi connectivity index (χ1) is 18.7. The number of hydrogen-bond donors (Lipinski definition) is 4. The molecule has 10 heteroatoms. The average Bonchev–Trinajstić information content (AvgIpc) is 3.65. The number of aliphatic hydroxyl groups excluding tert-OH is 1. The number of H-pyrrole nitrogens is 2. The minimum absolute atomic E-state index is 0.0368. The van der Waals surface area contributed by atoms with Crippen LogP contribution in [-0.2, 0) is 0 Å². The second-order valence-electron chi connectivity index (χ2n) is 10.6. The quantitative estimate of drug-likeness (QED) is 0.145. The van der Waals surface area contributed by atoms with Gasteiger partial charge in [-0.1, -0.05) is 26.8 Å². The van der Waals surface area contributed by atoms with Crippen LogP contribution < -0.4 is 5.32 Å². The van der Waals surface area contributed by atoms with Gasteiger partial charge in [0.1, 0.15) is 17.4 Å². The van der Waals surface area contributed by atoms with E-state index in [1.807, 2.05) is 51.1 Å². The van der Waals surface area contributed by atoms with E-state index in [0.717, 1.165) is 49.2 Å². The van der Waals surface area contributed by atoms with E-state index in [-0.39, 0.29) is 11.2 Å². The van der Waals surface area contributed by atoms with E-state index in [2.05, 4.69) is 36.5 Å². The zero-order valence-electron chi connectivity index (χ0n) is 21.9. The van der Waals surface area contributed by atoms with Crippen molar-refractivity contribution in [1.82, 2.24) is 30.1 Å². The molecule has 6 rings (SSSR count). The number of ketones is 1. The maximum atomic E-state index is 11.8. The number of imidazole rings is 1. The standard InChI is InChI=1S/C29H27N7O2S/c1-15(37)23-7-8-24(39-23)20-13-31-14-22-25(20)34-27(33-22)26-19-10-16(5-6-21(19)35-36-26)17-9-18(12-30-11-17)32-28(38)29(2,3)4/h5-14,28,32,38H,1-4H3,(H,33,34)(H,35,36). The highest BCUT2D eigenvalue weighted by Gasteiger charge is 2.22. The van der Waals surface area contributed by atoms with Crippen LogP contribution in [0, 0.1) is 5.41 Å². The number of carbonyl (C=O) groups excluding carboxylic acids is 1. The number of aromatic nitrogens is 6. The Balaban J connectivity index is 1.38. The zero-order valence-corrected chi connectivity index (χ0v) is 22.7. The molecule has 9 nitrogen and oxygen atoms in total. The minimum Gasteiger partial charge on any atom is -0.373 e. The summed E-state index contributed by atoms with van der Waals surface area (Å²) in [5.74, 6) is 0.655. The fourth-order valence-corrected chi connectivity index (χ4v) is 5.23. The summed E-state index contributed by atoms with van der Waals surface area (Å²) in [6.45, 7) is 7.47. The molecule has 4 N–H and O–H groups in total. The monoisotopic (exact) mass is 537 g/mol. The van der Waals surface area contributed by atoms with Gasteiger partial charge in [-0.05, 0) is 42.8 Å². The molecule has 0 aliphatic carbocycles. The molecule has 0 bridgehead atoms. The number of nitrogens with zero attached hydrogens (tertiary/aromatic N) is 4. The largest absolute Gasteiger partial charge is 0.373 e. The number of pyridine rings is 2. The lowest BCUT2D eigenvalue weighted by Gasteiger charge is -2.27. The van der Waals surface area contributed by atoms with E-state index in [9.17, 15) is 9.90 Å². The van der Waals surface area contributed by atoms with E-state index >= 15 is 0 Å². The van der Waals surface area contributed by atoms with Crippen LogP contribution in [0.2, 0.25) is 0 Å². The topological polar surface area (TPSA) is 132 Å². The van der Waals surface area contributed by atoms with Crippen molar-refractivity contribution in [3.05, 3.63) is 66.1 Å². The minimum atomic E-state index is -0.715. The van der Waals surface area contributed by atoms with Crippen LogP contribution in [0.25, 0.3) is 55.0 Å². The summed E-state index contributed by atoms with van der Waals surface area (Å²) in [5, 5.41) is 22.2. The Kier molecular flexibility index (Phi) is 6.00. The molecule has 6 aromatic rings. The number of thiophene rings is 1. The van der Waals surface area contributed by atoms with Crippen LogP contribution in [-0.4, -0.2) is 47.3 Å². The third-order valence-electron chi connectivity index (χ3n) is 6.60. The third kappa shape index (κ3) is 4.68. The Morgan fingerprint density at radius 1 is 1.00 bits per heavy atom. The number of Topliss-reactive ketones (excluding diaryl/α,β-unsaturated/α-hetero) is 1. The van der Waals surface area contributed by atoms with Crippen LogP contribution in [0.4, 0.5) is 5.69 Å². The van der Waals surface area contributed by atoms with Crippen molar-refractivity contribution >= 4 is 44.7 Å². The van der Waals surface area contributed by atoms with E-state index in [1.165, 1.54) is 11.3 Å². The molecule has 0 amide bonds. The lowest BCUT2D eigenvalue weighted by molar-refractivity contribution is 0.0880. The summed E-state index contributed by atoms with van der Waals surface area (Å²) in [5.41, 5.74) is 6.27. The number of hydrogen-bond acceptors (Lipinski definition) is 8. The van der Waals surface area contributed by atoms with Gasteiger partial charge in [0.25, 0.3) is 0 Å². The van der Waals surface area contributed by atoms with Crippen molar-refractivity contribution in [2.24, 2.45) is 5.41 Å². The molecule has 0 saturated carbocycles. The predicted molar refractivity (Wildman–Crippen MR) is 155 cm³/mol. The molecule has 0 aliphatic heterocycles. The molecular formula is C29H27N7O2S. The molecule has 1 atom stereocenters. The lowest BCUT2D eigenvalue weighted by atomic mass is 9.94. The number of fused-ring (bicyclic) bond motifs is 2. The predicted octanol–water partition coefficient (Wildman–Crippen LogP) is 6.27. The van der Waals surface area contributed by atoms with Crippen molar-refractivity contribution in [3.63, 3.8) is 0 Å². The number of benzene rings is 1. The highest BCUT2D eigenvalue weighted by atomic mass is 32.1. The fraction of sp³-hybridized carbons (Fsp3) is 0.207. The second kappa shape index (κ2) is 9.40. The van der Waals surface area contributed by atoms with Crippen LogP contribution in [0.15, 0.2) is 61.2 Å². The van der Waals surface area contributed by atoms with Crippen LogP contribution in [0.3, 0.4) is 0 Å². The molecule has 1 unspecified atom stereocenters. The number of anilines is 1. The normalized spacial score (nSPS) is 12.7. The first-order valence-corrected chi connectivity index (χ1v) is 13.3. The van der Waals surface area contributed by atoms with Crippen LogP contribution in [0.1, 0.15) is 37.4 Å². The van der Waals surface area contributed by atoms with Crippen LogP contribution >= 0.6 is 11.3 Å². The van der Waals surface area contributed by atoms with Crippen molar-refractivity contribution in [2.45, 2.75) is 33.9 Å². The molecule has 5 aromatic heterocycles. The van der Waals surface area contributed by atoms with Crippen molar-refractivity contribution in [3.8, 4) is 33.1 Å². The first-order valence-electron chi connectivity index (χ1n) is 12.5. The molecular weight excluding hydrogens is 510 g/mol. The maximum absolute atomic E-state index is 11.8. The fourth-order valence-electron chi connectivity index (χ4n) is 4.32. The summed E-state index contributed by atoms with van der Waals surface area (Å²) < 4.78 is 0. The van der Waals surface area contributed by atoms with Crippen molar-refractivity contribution in [1.29, 1.82) is 0 Å². The van der Waals surface area contributed by atoms with Gasteiger partial charge >= 0.3 is 0 Å².